The van der Waals surface area contributed by atoms with E-state index in [0.29, 0.717) is 38.4 Å². The van der Waals surface area contributed by atoms with Gasteiger partial charge in [-0.3, -0.25) is 9.69 Å². The van der Waals surface area contributed by atoms with E-state index in [-0.39, 0.29) is 16.6 Å². The molecule has 152 valence electrons. The first-order valence-corrected chi connectivity index (χ1v) is 10.6. The molecule has 0 atom stereocenters. The van der Waals surface area contributed by atoms with Gasteiger partial charge in [0.05, 0.1) is 20.3 Å². The summed E-state index contributed by atoms with van der Waals surface area (Å²) in [6.07, 6.45) is 0. The fraction of sp³-hybridized carbons (Fsp3) is 0.611. The van der Waals surface area contributed by atoms with E-state index in [9.17, 15) is 13.2 Å². The number of methoxy groups -OCH3 is 1. The molecule has 0 aliphatic carbocycles. The summed E-state index contributed by atoms with van der Waals surface area (Å²) in [4.78, 5) is 14.7. The lowest BCUT2D eigenvalue weighted by Crippen LogP contribution is -2.41. The van der Waals surface area contributed by atoms with E-state index in [1.54, 1.807) is 19.9 Å². The van der Waals surface area contributed by atoms with Crippen LogP contribution in [-0.2, 0) is 14.8 Å². The van der Waals surface area contributed by atoms with Crippen LogP contribution in [0.15, 0.2) is 23.1 Å². The van der Waals surface area contributed by atoms with Crippen molar-refractivity contribution in [2.45, 2.75) is 18.7 Å². The minimum atomic E-state index is -3.73. The number of ether oxygens (including phenoxy) is 2. The van der Waals surface area contributed by atoms with E-state index in [2.05, 4.69) is 10.2 Å². The third-order valence-corrected chi connectivity index (χ3v) is 6.64. The topological polar surface area (TPSA) is 88.2 Å². The van der Waals surface area contributed by atoms with Gasteiger partial charge in [0.25, 0.3) is 5.91 Å². The van der Waals surface area contributed by atoms with Gasteiger partial charge in [-0.1, -0.05) is 13.8 Å². The summed E-state index contributed by atoms with van der Waals surface area (Å²) in [5.74, 6) is -0.0753. The molecule has 0 aromatic heterocycles. The number of benzene rings is 1. The Morgan fingerprint density at radius 3 is 2.52 bits per heavy atom. The van der Waals surface area contributed by atoms with E-state index in [1.165, 1.54) is 23.5 Å². The van der Waals surface area contributed by atoms with Gasteiger partial charge in [0.2, 0.25) is 10.0 Å². The van der Waals surface area contributed by atoms with Gasteiger partial charge in [-0.25, -0.2) is 8.42 Å². The lowest BCUT2D eigenvalue weighted by Gasteiger charge is -2.26. The molecule has 0 saturated carbocycles. The third-order valence-electron chi connectivity index (χ3n) is 4.57. The maximum atomic E-state index is 12.9. The number of sulfonamides is 1. The number of nitrogens with zero attached hydrogens (tertiary/aromatic N) is 2. The van der Waals surface area contributed by atoms with Crippen LogP contribution in [0, 0.1) is 0 Å². The second-order valence-corrected chi connectivity index (χ2v) is 8.07. The van der Waals surface area contributed by atoms with Crippen LogP contribution in [0.25, 0.3) is 0 Å². The maximum absolute atomic E-state index is 12.9. The Hall–Kier alpha value is -1.68. The van der Waals surface area contributed by atoms with E-state index < -0.39 is 10.0 Å². The average Bonchev–Trinajstić information content (AvgIpc) is 2.69. The van der Waals surface area contributed by atoms with Crippen LogP contribution < -0.4 is 10.1 Å². The predicted octanol–water partition coefficient (Wildman–Crippen LogP) is 0.788. The fourth-order valence-corrected chi connectivity index (χ4v) is 4.62. The van der Waals surface area contributed by atoms with E-state index in [1.807, 2.05) is 0 Å². The van der Waals surface area contributed by atoms with Gasteiger partial charge < -0.3 is 14.8 Å². The van der Waals surface area contributed by atoms with Crippen LogP contribution in [0.1, 0.15) is 24.2 Å². The molecule has 1 heterocycles. The molecule has 1 aliphatic heterocycles. The molecule has 1 aromatic carbocycles. The highest BCUT2D eigenvalue weighted by atomic mass is 32.2. The van der Waals surface area contributed by atoms with Gasteiger partial charge >= 0.3 is 0 Å². The standard InChI is InChI=1S/C18H29N3O5S/c1-4-21(5-2)27(23,24)17-14-15(6-7-16(17)25-3)18(22)19-8-9-20-10-12-26-13-11-20/h6-7,14H,4-5,8-13H2,1-3H3,(H,19,22). The zero-order valence-corrected chi connectivity index (χ0v) is 17.0. The largest absolute Gasteiger partial charge is 0.495 e. The van der Waals surface area contributed by atoms with Crippen LogP contribution in [0.5, 0.6) is 5.75 Å². The summed E-state index contributed by atoms with van der Waals surface area (Å²) in [5, 5.41) is 2.85. The smallest absolute Gasteiger partial charge is 0.251 e. The molecule has 2 rings (SSSR count). The Kier molecular flexibility index (Phi) is 8.03. The Labute approximate surface area is 161 Å². The van der Waals surface area contributed by atoms with Crippen LogP contribution >= 0.6 is 0 Å². The highest BCUT2D eigenvalue weighted by Crippen LogP contribution is 2.27. The SMILES string of the molecule is CCN(CC)S(=O)(=O)c1cc(C(=O)NCCN2CCOCC2)ccc1OC. The Balaban J connectivity index is 2.12. The van der Waals surface area contributed by atoms with Crippen molar-refractivity contribution in [3.63, 3.8) is 0 Å². The van der Waals surface area contributed by atoms with E-state index in [0.717, 1.165) is 19.6 Å². The number of nitrogens with one attached hydrogen (secondary N) is 1. The zero-order chi connectivity index (χ0) is 19.9. The normalized spacial score (nSPS) is 15.7. The number of rotatable bonds is 9. The molecule has 1 aromatic rings. The van der Waals surface area contributed by atoms with Crippen molar-refractivity contribution >= 4 is 15.9 Å². The number of morpholine rings is 1. The summed E-state index contributed by atoms with van der Waals surface area (Å²) in [7, 11) is -2.32. The van der Waals surface area contributed by atoms with Crippen molar-refractivity contribution in [1.82, 2.24) is 14.5 Å². The van der Waals surface area contributed by atoms with Crippen LogP contribution in [0.2, 0.25) is 0 Å². The van der Waals surface area contributed by atoms with Gasteiger partial charge in [0.15, 0.2) is 0 Å². The van der Waals surface area contributed by atoms with Gasteiger partial charge in [-0.05, 0) is 18.2 Å². The molecule has 0 radical (unpaired) electrons. The summed E-state index contributed by atoms with van der Waals surface area (Å²) in [5.41, 5.74) is 0.295. The number of carbonyl (C=O) groups is 1. The first-order valence-electron chi connectivity index (χ1n) is 9.20. The number of hydrogen-bond acceptors (Lipinski definition) is 6. The molecule has 1 aliphatic rings. The van der Waals surface area contributed by atoms with Crippen LogP contribution in [-0.4, -0.2) is 83.1 Å². The molecule has 1 N–H and O–H groups in total. The molecule has 0 bridgehead atoms. The van der Waals surface area contributed by atoms with Crippen molar-refractivity contribution in [1.29, 1.82) is 0 Å². The van der Waals surface area contributed by atoms with Gasteiger partial charge in [0.1, 0.15) is 10.6 Å². The Bertz CT molecular complexity index is 729. The predicted molar refractivity (Wildman–Crippen MR) is 103 cm³/mol. The Morgan fingerprint density at radius 2 is 1.93 bits per heavy atom. The minimum absolute atomic E-state index is 0.00882. The molecular weight excluding hydrogens is 370 g/mol. The lowest BCUT2D eigenvalue weighted by atomic mass is 10.2. The molecule has 0 unspecified atom stereocenters. The second kappa shape index (κ2) is 10.0. The van der Waals surface area contributed by atoms with E-state index in [4.69, 9.17) is 9.47 Å². The molecule has 27 heavy (non-hydrogen) atoms. The van der Waals surface area contributed by atoms with Gasteiger partial charge in [-0.2, -0.15) is 4.31 Å². The molecule has 1 saturated heterocycles. The highest BCUT2D eigenvalue weighted by Gasteiger charge is 2.26. The summed E-state index contributed by atoms with van der Waals surface area (Å²) < 4.78 is 37.6. The van der Waals surface area contributed by atoms with Gasteiger partial charge in [-0.15, -0.1) is 0 Å². The summed E-state index contributed by atoms with van der Waals surface area (Å²) in [6, 6.07) is 4.48. The first kappa shape index (κ1) is 21.6. The van der Waals surface area contributed by atoms with Crippen molar-refractivity contribution in [3.05, 3.63) is 23.8 Å². The first-order chi connectivity index (χ1) is 12.9. The number of amides is 1. The molecule has 0 spiro atoms. The summed E-state index contributed by atoms with van der Waals surface area (Å²) >= 11 is 0. The summed E-state index contributed by atoms with van der Waals surface area (Å²) in [6.45, 7) is 8.58. The highest BCUT2D eigenvalue weighted by molar-refractivity contribution is 7.89. The number of carbonyl (C=O) groups excluding carboxylic acids is 1. The Morgan fingerprint density at radius 1 is 1.26 bits per heavy atom. The van der Waals surface area contributed by atoms with Crippen molar-refractivity contribution in [2.24, 2.45) is 0 Å². The lowest BCUT2D eigenvalue weighted by molar-refractivity contribution is 0.0383. The third kappa shape index (κ3) is 5.41. The minimum Gasteiger partial charge on any atom is -0.495 e. The number of hydrogen-bond donors (Lipinski definition) is 1. The monoisotopic (exact) mass is 399 g/mol. The fourth-order valence-electron chi connectivity index (χ4n) is 2.98. The zero-order valence-electron chi connectivity index (χ0n) is 16.2. The van der Waals surface area contributed by atoms with Crippen LogP contribution in [0.3, 0.4) is 0 Å². The average molecular weight is 400 g/mol. The van der Waals surface area contributed by atoms with E-state index >= 15 is 0 Å². The van der Waals surface area contributed by atoms with Crippen LogP contribution in [0.4, 0.5) is 0 Å². The molecule has 1 amide bonds. The molecular formula is C18H29N3O5S. The van der Waals surface area contributed by atoms with Crippen molar-refractivity contribution in [3.8, 4) is 5.75 Å². The quantitative estimate of drug-likeness (QED) is 0.660. The maximum Gasteiger partial charge on any atom is 0.251 e. The second-order valence-electron chi connectivity index (χ2n) is 6.16. The molecule has 8 nitrogen and oxygen atoms in total. The van der Waals surface area contributed by atoms with Crippen molar-refractivity contribution < 1.29 is 22.7 Å². The molecule has 1 fully saturated rings. The molecule has 9 heteroatoms. The van der Waals surface area contributed by atoms with Gasteiger partial charge in [0, 0.05) is 44.8 Å². The van der Waals surface area contributed by atoms with Crippen molar-refractivity contribution in [2.75, 3.05) is 59.6 Å².